The van der Waals surface area contributed by atoms with Gasteiger partial charge in [0.05, 0.1) is 20.3 Å². The van der Waals surface area contributed by atoms with Crippen molar-refractivity contribution in [3.63, 3.8) is 0 Å². The van der Waals surface area contributed by atoms with Crippen molar-refractivity contribution in [1.29, 1.82) is 0 Å². The van der Waals surface area contributed by atoms with Crippen LogP contribution in [0, 0.1) is 0 Å². The van der Waals surface area contributed by atoms with E-state index in [-0.39, 0.29) is 24.4 Å². The lowest BCUT2D eigenvalue weighted by Crippen LogP contribution is -2.64. The summed E-state index contributed by atoms with van der Waals surface area (Å²) in [4.78, 5) is 34.3. The average Bonchev–Trinajstić information content (AvgIpc) is 3.22. The number of para-hydroxylation sites is 1. The number of amides is 2. The number of ether oxygens (including phenoxy) is 2. The summed E-state index contributed by atoms with van der Waals surface area (Å²) in [5.41, 5.74) is 3.94. The quantitative estimate of drug-likeness (QED) is 0.648. The van der Waals surface area contributed by atoms with Crippen LogP contribution in [-0.4, -0.2) is 59.4 Å². The van der Waals surface area contributed by atoms with Gasteiger partial charge in [0, 0.05) is 29.1 Å². The third-order valence-corrected chi connectivity index (χ3v) is 7.14. The van der Waals surface area contributed by atoms with Crippen molar-refractivity contribution in [2.45, 2.75) is 44.8 Å². The monoisotopic (exact) mass is 447 g/mol. The Bertz CT molecular complexity index is 1230. The fourth-order valence-corrected chi connectivity index (χ4v) is 5.25. The van der Waals surface area contributed by atoms with Crippen LogP contribution in [0.2, 0.25) is 0 Å². The van der Waals surface area contributed by atoms with Gasteiger partial charge in [-0.1, -0.05) is 31.2 Å². The Morgan fingerprint density at radius 1 is 1.09 bits per heavy atom. The lowest BCUT2D eigenvalue weighted by Gasteiger charge is -2.48. The standard InChI is InChI=1S/C26H29N3O4/c1-5-15(2)28-14-23(30)29-20(26(28)31)13-18-17-8-6-7-9-19(17)27-24(18)25(29)16-10-11-21(32-3)22(12-16)33-4/h6-12,15,20,25,27H,5,13-14H2,1-4H3. The first-order chi connectivity index (χ1) is 16.0. The molecule has 0 bridgehead atoms. The summed E-state index contributed by atoms with van der Waals surface area (Å²) in [6, 6.07) is 12.9. The first-order valence-electron chi connectivity index (χ1n) is 11.4. The number of aromatic nitrogens is 1. The third kappa shape index (κ3) is 3.25. The molecule has 2 aliphatic heterocycles. The lowest BCUT2D eigenvalue weighted by atomic mass is 9.85. The van der Waals surface area contributed by atoms with Gasteiger partial charge in [0.2, 0.25) is 11.8 Å². The Morgan fingerprint density at radius 2 is 1.85 bits per heavy atom. The van der Waals surface area contributed by atoms with Gasteiger partial charge >= 0.3 is 0 Å². The molecule has 3 atom stereocenters. The second-order valence-electron chi connectivity index (χ2n) is 8.82. The molecule has 2 aromatic carbocycles. The van der Waals surface area contributed by atoms with Crippen LogP contribution in [0.5, 0.6) is 11.5 Å². The minimum absolute atomic E-state index is 0.0188. The maximum atomic E-state index is 13.7. The lowest BCUT2D eigenvalue weighted by molar-refractivity contribution is -0.160. The zero-order valence-corrected chi connectivity index (χ0v) is 19.4. The number of aromatic amines is 1. The van der Waals surface area contributed by atoms with E-state index in [1.54, 1.807) is 24.0 Å². The highest BCUT2D eigenvalue weighted by Gasteiger charge is 2.49. The molecular formula is C26H29N3O4. The van der Waals surface area contributed by atoms with E-state index in [1.807, 2.05) is 50.2 Å². The second-order valence-corrected chi connectivity index (χ2v) is 8.82. The molecule has 1 aromatic heterocycles. The van der Waals surface area contributed by atoms with Crippen LogP contribution in [0.15, 0.2) is 42.5 Å². The third-order valence-electron chi connectivity index (χ3n) is 7.14. The molecule has 2 amide bonds. The van der Waals surface area contributed by atoms with Crippen molar-refractivity contribution >= 4 is 22.7 Å². The normalized spacial score (nSPS) is 21.1. The smallest absolute Gasteiger partial charge is 0.246 e. The molecule has 7 nitrogen and oxygen atoms in total. The second kappa shape index (κ2) is 8.14. The maximum Gasteiger partial charge on any atom is 0.246 e. The van der Waals surface area contributed by atoms with Gasteiger partial charge in [-0.25, -0.2) is 0 Å². The van der Waals surface area contributed by atoms with Gasteiger partial charge in [-0.2, -0.15) is 0 Å². The summed E-state index contributed by atoms with van der Waals surface area (Å²) in [5, 5.41) is 1.10. The number of hydrogen-bond donors (Lipinski definition) is 1. The van der Waals surface area contributed by atoms with E-state index in [0.717, 1.165) is 34.1 Å². The Kier molecular flexibility index (Phi) is 5.27. The highest BCUT2D eigenvalue weighted by atomic mass is 16.5. The van der Waals surface area contributed by atoms with Gasteiger partial charge in [0.25, 0.3) is 0 Å². The van der Waals surface area contributed by atoms with Crippen molar-refractivity contribution in [1.82, 2.24) is 14.8 Å². The molecule has 33 heavy (non-hydrogen) atoms. The van der Waals surface area contributed by atoms with Gasteiger partial charge in [-0.05, 0) is 42.7 Å². The number of carbonyl (C=O) groups excluding carboxylic acids is 2. The van der Waals surface area contributed by atoms with E-state index in [9.17, 15) is 9.59 Å². The molecule has 3 unspecified atom stereocenters. The molecule has 0 aliphatic carbocycles. The molecule has 7 heteroatoms. The molecule has 0 saturated carbocycles. The summed E-state index contributed by atoms with van der Waals surface area (Å²) >= 11 is 0. The summed E-state index contributed by atoms with van der Waals surface area (Å²) in [7, 11) is 3.19. The average molecular weight is 448 g/mol. The van der Waals surface area contributed by atoms with Crippen molar-refractivity contribution in [3.05, 3.63) is 59.3 Å². The molecule has 0 radical (unpaired) electrons. The van der Waals surface area contributed by atoms with Gasteiger partial charge < -0.3 is 24.3 Å². The fraction of sp³-hybridized carbons (Fsp3) is 0.385. The largest absolute Gasteiger partial charge is 0.493 e. The Labute approximate surface area is 193 Å². The highest BCUT2D eigenvalue weighted by molar-refractivity contribution is 5.97. The van der Waals surface area contributed by atoms with Crippen LogP contribution in [0.4, 0.5) is 0 Å². The molecular weight excluding hydrogens is 418 g/mol. The molecule has 5 rings (SSSR count). The first kappa shape index (κ1) is 21.4. The van der Waals surface area contributed by atoms with E-state index in [0.29, 0.717) is 17.9 Å². The summed E-state index contributed by atoms with van der Waals surface area (Å²) in [6.07, 6.45) is 1.31. The number of nitrogens with one attached hydrogen (secondary N) is 1. The van der Waals surface area contributed by atoms with Gasteiger partial charge in [0.15, 0.2) is 11.5 Å². The molecule has 2 aliphatic rings. The predicted molar refractivity (Wildman–Crippen MR) is 125 cm³/mol. The number of H-pyrrole nitrogens is 1. The van der Waals surface area contributed by atoms with Crippen LogP contribution in [0.3, 0.4) is 0 Å². The molecule has 1 saturated heterocycles. The SMILES string of the molecule is CCC(C)N1CC(=O)N2C(Cc3c([nH]c4ccccc34)C2c2ccc(OC)c(OC)c2)C1=O. The number of piperazine rings is 1. The number of nitrogens with zero attached hydrogens (tertiary/aromatic N) is 2. The molecule has 1 fully saturated rings. The van der Waals surface area contributed by atoms with Crippen LogP contribution in [0.25, 0.3) is 10.9 Å². The van der Waals surface area contributed by atoms with Gasteiger partial charge in [-0.3, -0.25) is 9.59 Å². The van der Waals surface area contributed by atoms with E-state index < -0.39 is 12.1 Å². The molecule has 1 N–H and O–H groups in total. The van der Waals surface area contributed by atoms with E-state index >= 15 is 0 Å². The van der Waals surface area contributed by atoms with E-state index in [2.05, 4.69) is 11.1 Å². The van der Waals surface area contributed by atoms with Crippen LogP contribution in [0.1, 0.15) is 43.1 Å². The topological polar surface area (TPSA) is 74.9 Å². The fourth-order valence-electron chi connectivity index (χ4n) is 5.25. The minimum Gasteiger partial charge on any atom is -0.493 e. The zero-order valence-electron chi connectivity index (χ0n) is 19.4. The number of methoxy groups -OCH3 is 2. The number of hydrogen-bond acceptors (Lipinski definition) is 4. The molecule has 3 aromatic rings. The Balaban J connectivity index is 1.70. The number of rotatable bonds is 5. The van der Waals surface area contributed by atoms with Crippen LogP contribution < -0.4 is 9.47 Å². The summed E-state index contributed by atoms with van der Waals surface area (Å²) in [5.74, 6) is 1.19. The molecule has 172 valence electrons. The maximum absolute atomic E-state index is 13.7. The summed E-state index contributed by atoms with van der Waals surface area (Å²) < 4.78 is 11.0. The summed E-state index contributed by atoms with van der Waals surface area (Å²) in [6.45, 7) is 4.15. The number of fused-ring (bicyclic) bond motifs is 4. The first-order valence-corrected chi connectivity index (χ1v) is 11.4. The van der Waals surface area contributed by atoms with Crippen LogP contribution >= 0.6 is 0 Å². The zero-order chi connectivity index (χ0) is 23.3. The Morgan fingerprint density at radius 3 is 2.58 bits per heavy atom. The van der Waals surface area contributed by atoms with Gasteiger partial charge in [0.1, 0.15) is 12.6 Å². The van der Waals surface area contributed by atoms with Crippen molar-refractivity contribution in [2.24, 2.45) is 0 Å². The van der Waals surface area contributed by atoms with Gasteiger partial charge in [-0.15, -0.1) is 0 Å². The number of carbonyl (C=O) groups is 2. The Hall–Kier alpha value is -3.48. The molecule has 0 spiro atoms. The van der Waals surface area contributed by atoms with Crippen LogP contribution in [-0.2, 0) is 16.0 Å². The van der Waals surface area contributed by atoms with E-state index in [4.69, 9.17) is 9.47 Å². The van der Waals surface area contributed by atoms with E-state index in [1.165, 1.54) is 0 Å². The highest BCUT2D eigenvalue weighted by Crippen LogP contribution is 2.44. The van der Waals surface area contributed by atoms with Crippen molar-refractivity contribution in [2.75, 3.05) is 20.8 Å². The number of benzene rings is 2. The van der Waals surface area contributed by atoms with Crippen molar-refractivity contribution < 1.29 is 19.1 Å². The van der Waals surface area contributed by atoms with Crippen molar-refractivity contribution in [3.8, 4) is 11.5 Å². The molecule has 3 heterocycles. The minimum atomic E-state index is -0.537. The predicted octanol–water partition coefficient (Wildman–Crippen LogP) is 3.67.